The molecule has 1 heterocycles. The van der Waals surface area contributed by atoms with Crippen LogP contribution in [-0.4, -0.2) is 24.2 Å². The molecule has 6 heteroatoms. The van der Waals surface area contributed by atoms with Crippen molar-refractivity contribution < 1.29 is 14.2 Å². The number of aromatic nitrogens is 2. The second kappa shape index (κ2) is 9.48. The first kappa shape index (κ1) is 20.0. The molecule has 1 aliphatic rings. The van der Waals surface area contributed by atoms with Crippen LogP contribution in [0.1, 0.15) is 35.2 Å². The third-order valence-electron chi connectivity index (χ3n) is 5.26. The third-order valence-corrected chi connectivity index (χ3v) is 5.26. The average molecular weight is 405 g/mol. The summed E-state index contributed by atoms with van der Waals surface area (Å²) in [6, 6.07) is 16.0. The molecule has 156 valence electrons. The molecular formula is C24H27N3O3. The number of ether oxygens (including phenoxy) is 3. The monoisotopic (exact) mass is 405 g/mol. The minimum atomic E-state index is 0.499. The van der Waals surface area contributed by atoms with Crippen LogP contribution in [-0.2, 0) is 26.0 Å². The van der Waals surface area contributed by atoms with Gasteiger partial charge in [-0.3, -0.25) is 0 Å². The highest BCUT2D eigenvalue weighted by molar-refractivity contribution is 5.45. The van der Waals surface area contributed by atoms with Gasteiger partial charge >= 0.3 is 0 Å². The zero-order valence-electron chi connectivity index (χ0n) is 17.5. The number of nitrogens with one attached hydrogen (secondary N) is 1. The number of benzene rings is 2. The van der Waals surface area contributed by atoms with E-state index < -0.39 is 0 Å². The van der Waals surface area contributed by atoms with Crippen molar-refractivity contribution in [3.63, 3.8) is 0 Å². The van der Waals surface area contributed by atoms with Crippen molar-refractivity contribution in [2.45, 2.75) is 38.8 Å². The summed E-state index contributed by atoms with van der Waals surface area (Å²) in [5, 5.41) is 3.34. The Morgan fingerprint density at radius 1 is 0.867 bits per heavy atom. The van der Waals surface area contributed by atoms with Crippen molar-refractivity contribution in [3.8, 4) is 17.4 Å². The molecule has 0 unspecified atom stereocenters. The van der Waals surface area contributed by atoms with E-state index >= 15 is 0 Å². The SMILES string of the molecule is COc1ccc(CNc2nc3c(c(OCc4ccccc4)n2)CCCC3)cc1OC. The van der Waals surface area contributed by atoms with E-state index in [9.17, 15) is 0 Å². The Morgan fingerprint density at radius 2 is 1.67 bits per heavy atom. The summed E-state index contributed by atoms with van der Waals surface area (Å²) in [7, 11) is 3.27. The molecule has 0 saturated heterocycles. The minimum absolute atomic E-state index is 0.499. The van der Waals surface area contributed by atoms with E-state index in [0.29, 0.717) is 36.5 Å². The molecule has 4 rings (SSSR count). The lowest BCUT2D eigenvalue weighted by molar-refractivity contribution is 0.288. The van der Waals surface area contributed by atoms with Gasteiger partial charge in [0, 0.05) is 12.1 Å². The molecule has 1 aliphatic carbocycles. The van der Waals surface area contributed by atoms with Crippen molar-refractivity contribution >= 4 is 5.95 Å². The van der Waals surface area contributed by atoms with Crippen LogP contribution >= 0.6 is 0 Å². The maximum Gasteiger partial charge on any atom is 0.226 e. The topological polar surface area (TPSA) is 65.5 Å². The van der Waals surface area contributed by atoms with Gasteiger partial charge in [-0.2, -0.15) is 4.98 Å². The van der Waals surface area contributed by atoms with E-state index in [0.717, 1.165) is 48.1 Å². The quantitative estimate of drug-likeness (QED) is 0.592. The largest absolute Gasteiger partial charge is 0.493 e. The van der Waals surface area contributed by atoms with Crippen LogP contribution in [0.5, 0.6) is 17.4 Å². The molecule has 0 amide bonds. The van der Waals surface area contributed by atoms with Crippen molar-refractivity contribution in [3.05, 3.63) is 70.9 Å². The maximum atomic E-state index is 6.12. The van der Waals surface area contributed by atoms with Crippen LogP contribution in [0, 0.1) is 0 Å². The second-order valence-electron chi connectivity index (χ2n) is 7.30. The number of nitrogens with zero attached hydrogens (tertiary/aromatic N) is 2. The Hall–Kier alpha value is -3.28. The molecule has 0 aliphatic heterocycles. The fraction of sp³-hybridized carbons (Fsp3) is 0.333. The molecule has 0 atom stereocenters. The number of anilines is 1. The molecule has 0 fully saturated rings. The Kier molecular flexibility index (Phi) is 6.32. The van der Waals surface area contributed by atoms with Crippen LogP contribution in [0.4, 0.5) is 5.95 Å². The lowest BCUT2D eigenvalue weighted by atomic mass is 9.97. The smallest absolute Gasteiger partial charge is 0.226 e. The van der Waals surface area contributed by atoms with Gasteiger partial charge in [-0.05, 0) is 48.9 Å². The van der Waals surface area contributed by atoms with E-state index in [1.807, 2.05) is 36.4 Å². The minimum Gasteiger partial charge on any atom is -0.493 e. The van der Waals surface area contributed by atoms with Gasteiger partial charge in [-0.15, -0.1) is 0 Å². The molecule has 0 radical (unpaired) electrons. The van der Waals surface area contributed by atoms with Gasteiger partial charge < -0.3 is 19.5 Å². The average Bonchev–Trinajstić information content (AvgIpc) is 2.81. The number of methoxy groups -OCH3 is 2. The number of hydrogen-bond acceptors (Lipinski definition) is 6. The highest BCUT2D eigenvalue weighted by Crippen LogP contribution is 2.30. The molecule has 0 bridgehead atoms. The van der Waals surface area contributed by atoms with Gasteiger partial charge in [0.1, 0.15) is 6.61 Å². The fourth-order valence-corrected chi connectivity index (χ4v) is 3.66. The van der Waals surface area contributed by atoms with E-state index in [2.05, 4.69) is 17.4 Å². The molecule has 1 aromatic heterocycles. The summed E-state index contributed by atoms with van der Waals surface area (Å²) in [6.07, 6.45) is 4.23. The zero-order chi connectivity index (χ0) is 20.8. The van der Waals surface area contributed by atoms with Gasteiger partial charge in [-0.1, -0.05) is 36.4 Å². The second-order valence-corrected chi connectivity index (χ2v) is 7.30. The standard InChI is InChI=1S/C24H27N3O3/c1-28-21-13-12-18(14-22(21)29-2)15-25-24-26-20-11-7-6-10-19(20)23(27-24)30-16-17-8-4-3-5-9-17/h3-5,8-9,12-14H,6-7,10-11,15-16H2,1-2H3,(H,25,26,27). The highest BCUT2D eigenvalue weighted by atomic mass is 16.5. The summed E-state index contributed by atoms with van der Waals surface area (Å²) in [6.45, 7) is 1.08. The van der Waals surface area contributed by atoms with Crippen LogP contribution < -0.4 is 19.5 Å². The molecule has 2 aromatic carbocycles. The van der Waals surface area contributed by atoms with Crippen LogP contribution in [0.2, 0.25) is 0 Å². The van der Waals surface area contributed by atoms with Gasteiger partial charge in [0.15, 0.2) is 11.5 Å². The first-order chi connectivity index (χ1) is 14.8. The van der Waals surface area contributed by atoms with Crippen LogP contribution in [0.3, 0.4) is 0 Å². The first-order valence-corrected chi connectivity index (χ1v) is 10.3. The van der Waals surface area contributed by atoms with Crippen molar-refractivity contribution in [1.82, 2.24) is 9.97 Å². The van der Waals surface area contributed by atoms with E-state index in [1.54, 1.807) is 14.2 Å². The summed E-state index contributed by atoms with van der Waals surface area (Å²) < 4.78 is 16.8. The lowest BCUT2D eigenvalue weighted by Crippen LogP contribution is -2.14. The predicted octanol–water partition coefficient (Wildman–Crippen LogP) is 4.56. The summed E-state index contributed by atoms with van der Waals surface area (Å²) in [4.78, 5) is 9.45. The fourth-order valence-electron chi connectivity index (χ4n) is 3.66. The van der Waals surface area contributed by atoms with Gasteiger partial charge in [0.2, 0.25) is 11.8 Å². The number of aryl methyl sites for hydroxylation is 1. The van der Waals surface area contributed by atoms with Gasteiger partial charge in [0.05, 0.1) is 19.9 Å². The zero-order valence-corrected chi connectivity index (χ0v) is 17.5. The maximum absolute atomic E-state index is 6.12. The van der Waals surface area contributed by atoms with Crippen LogP contribution in [0.25, 0.3) is 0 Å². The summed E-state index contributed by atoms with van der Waals surface area (Å²) in [5.41, 5.74) is 4.42. The first-order valence-electron chi connectivity index (χ1n) is 10.3. The number of rotatable bonds is 8. The molecule has 30 heavy (non-hydrogen) atoms. The van der Waals surface area contributed by atoms with E-state index in [-0.39, 0.29) is 0 Å². The predicted molar refractivity (Wildman–Crippen MR) is 116 cm³/mol. The third kappa shape index (κ3) is 4.64. The van der Waals surface area contributed by atoms with E-state index in [4.69, 9.17) is 24.2 Å². The normalized spacial score (nSPS) is 12.7. The van der Waals surface area contributed by atoms with Crippen molar-refractivity contribution in [1.29, 1.82) is 0 Å². The van der Waals surface area contributed by atoms with Crippen LogP contribution in [0.15, 0.2) is 48.5 Å². The summed E-state index contributed by atoms with van der Waals surface area (Å²) >= 11 is 0. The molecular weight excluding hydrogens is 378 g/mol. The van der Waals surface area contributed by atoms with Crippen molar-refractivity contribution in [2.24, 2.45) is 0 Å². The lowest BCUT2D eigenvalue weighted by Gasteiger charge is -2.19. The van der Waals surface area contributed by atoms with Gasteiger partial charge in [-0.25, -0.2) is 4.98 Å². The van der Waals surface area contributed by atoms with E-state index in [1.165, 1.54) is 0 Å². The Balaban J connectivity index is 1.52. The van der Waals surface area contributed by atoms with Crippen molar-refractivity contribution in [2.75, 3.05) is 19.5 Å². The Morgan fingerprint density at radius 3 is 2.47 bits per heavy atom. The highest BCUT2D eigenvalue weighted by Gasteiger charge is 2.19. The molecule has 1 N–H and O–H groups in total. The molecule has 6 nitrogen and oxygen atoms in total. The Labute approximate surface area is 177 Å². The molecule has 3 aromatic rings. The Bertz CT molecular complexity index is 992. The number of hydrogen-bond donors (Lipinski definition) is 1. The molecule has 0 saturated carbocycles. The molecule has 0 spiro atoms. The summed E-state index contributed by atoms with van der Waals surface area (Å²) in [5.74, 6) is 2.70. The van der Waals surface area contributed by atoms with Gasteiger partial charge in [0.25, 0.3) is 0 Å². The number of fused-ring (bicyclic) bond motifs is 1.